The lowest BCUT2D eigenvalue weighted by molar-refractivity contribution is -0.133. The van der Waals surface area contributed by atoms with E-state index in [2.05, 4.69) is 6.07 Å². The summed E-state index contributed by atoms with van der Waals surface area (Å²) in [5.41, 5.74) is 1.55. The van der Waals surface area contributed by atoms with Gasteiger partial charge in [0.05, 0.1) is 17.7 Å². The van der Waals surface area contributed by atoms with E-state index < -0.39 is 0 Å². The number of nitrogens with zero attached hydrogens (tertiary/aromatic N) is 4. The SMILES string of the molecule is CCN(C(=O)CCCN1C(=O)CN(C)C1=O)C(C)c1ccc(C#N)cc1. The molecule has 138 valence electrons. The number of hydrogen-bond donors (Lipinski definition) is 0. The van der Waals surface area contributed by atoms with Crippen molar-refractivity contribution < 1.29 is 14.4 Å². The van der Waals surface area contributed by atoms with Crippen LogP contribution in [-0.4, -0.2) is 59.2 Å². The molecule has 0 aromatic heterocycles. The summed E-state index contributed by atoms with van der Waals surface area (Å²) in [6, 6.07) is 8.86. The van der Waals surface area contributed by atoms with E-state index >= 15 is 0 Å². The van der Waals surface area contributed by atoms with Crippen molar-refractivity contribution >= 4 is 17.8 Å². The molecule has 7 heteroatoms. The van der Waals surface area contributed by atoms with Crippen LogP contribution in [0.1, 0.15) is 43.9 Å². The molecule has 0 N–H and O–H groups in total. The Labute approximate surface area is 153 Å². The van der Waals surface area contributed by atoms with Crippen molar-refractivity contribution in [1.29, 1.82) is 5.26 Å². The first-order chi connectivity index (χ1) is 12.4. The first kappa shape index (κ1) is 19.4. The highest BCUT2D eigenvalue weighted by atomic mass is 16.2. The minimum atomic E-state index is -0.305. The fourth-order valence-corrected chi connectivity index (χ4v) is 3.10. The molecule has 1 aliphatic heterocycles. The van der Waals surface area contributed by atoms with Crippen LogP contribution in [0.3, 0.4) is 0 Å². The second kappa shape index (κ2) is 8.48. The van der Waals surface area contributed by atoms with Crippen molar-refractivity contribution in [1.82, 2.24) is 14.7 Å². The molecule has 4 amide bonds. The van der Waals surface area contributed by atoms with Crippen molar-refractivity contribution in [3.05, 3.63) is 35.4 Å². The summed E-state index contributed by atoms with van der Waals surface area (Å²) >= 11 is 0. The van der Waals surface area contributed by atoms with E-state index in [4.69, 9.17) is 5.26 Å². The van der Waals surface area contributed by atoms with Crippen molar-refractivity contribution in [2.45, 2.75) is 32.7 Å². The van der Waals surface area contributed by atoms with Gasteiger partial charge in [0.2, 0.25) is 11.8 Å². The van der Waals surface area contributed by atoms with Gasteiger partial charge >= 0.3 is 6.03 Å². The van der Waals surface area contributed by atoms with Crippen LogP contribution in [-0.2, 0) is 9.59 Å². The summed E-state index contributed by atoms with van der Waals surface area (Å²) in [4.78, 5) is 40.5. The molecule has 0 bridgehead atoms. The zero-order valence-corrected chi connectivity index (χ0v) is 15.4. The number of carbonyl (C=O) groups is 3. The van der Waals surface area contributed by atoms with Gasteiger partial charge in [0, 0.05) is 26.6 Å². The van der Waals surface area contributed by atoms with Crippen LogP contribution in [0.5, 0.6) is 0 Å². The van der Waals surface area contributed by atoms with Crippen LogP contribution in [0.25, 0.3) is 0 Å². The van der Waals surface area contributed by atoms with E-state index in [1.165, 1.54) is 9.80 Å². The number of nitriles is 1. The predicted molar refractivity (Wildman–Crippen MR) is 95.9 cm³/mol. The maximum Gasteiger partial charge on any atom is 0.326 e. The number of urea groups is 1. The van der Waals surface area contributed by atoms with Gasteiger partial charge in [-0.05, 0) is 38.0 Å². The number of amides is 4. The molecule has 0 radical (unpaired) electrons. The summed E-state index contributed by atoms with van der Waals surface area (Å²) in [6.45, 7) is 4.79. The van der Waals surface area contributed by atoms with Crippen LogP contribution in [0.2, 0.25) is 0 Å². The zero-order chi connectivity index (χ0) is 19.3. The van der Waals surface area contributed by atoms with Crippen LogP contribution < -0.4 is 0 Å². The van der Waals surface area contributed by atoms with E-state index in [0.717, 1.165) is 5.56 Å². The Morgan fingerprint density at radius 1 is 1.31 bits per heavy atom. The number of imide groups is 1. The van der Waals surface area contributed by atoms with Crippen molar-refractivity contribution in [3.63, 3.8) is 0 Å². The maximum atomic E-state index is 12.6. The number of benzene rings is 1. The Hall–Kier alpha value is -2.88. The maximum absolute atomic E-state index is 12.6. The molecular formula is C19H24N4O3. The Morgan fingerprint density at radius 2 is 1.96 bits per heavy atom. The molecule has 1 unspecified atom stereocenters. The lowest BCUT2D eigenvalue weighted by atomic mass is 10.0. The molecule has 7 nitrogen and oxygen atoms in total. The summed E-state index contributed by atoms with van der Waals surface area (Å²) < 4.78 is 0. The molecule has 1 atom stereocenters. The van der Waals surface area contributed by atoms with Gasteiger partial charge in [0.25, 0.3) is 0 Å². The highest BCUT2D eigenvalue weighted by molar-refractivity contribution is 6.01. The lowest BCUT2D eigenvalue weighted by Gasteiger charge is -2.29. The first-order valence-corrected chi connectivity index (χ1v) is 8.74. The van der Waals surface area contributed by atoms with Crippen LogP contribution >= 0.6 is 0 Å². The highest BCUT2D eigenvalue weighted by Crippen LogP contribution is 2.22. The summed E-state index contributed by atoms with van der Waals surface area (Å²) in [6.07, 6.45) is 0.718. The normalized spacial score (nSPS) is 15.2. The second-order valence-electron chi connectivity index (χ2n) is 6.38. The van der Waals surface area contributed by atoms with Gasteiger partial charge in [0.15, 0.2) is 0 Å². The summed E-state index contributed by atoms with van der Waals surface area (Å²) in [7, 11) is 1.59. The standard InChI is InChI=1S/C19H24N4O3/c1-4-22(14(2)16-9-7-15(12-20)8-10-16)17(24)6-5-11-23-18(25)13-21(3)19(23)26/h7-10,14H,4-6,11,13H2,1-3H3. The molecular weight excluding hydrogens is 332 g/mol. The smallest absolute Gasteiger partial charge is 0.326 e. The largest absolute Gasteiger partial charge is 0.336 e. The van der Waals surface area contributed by atoms with E-state index in [-0.39, 0.29) is 43.4 Å². The third-order valence-electron chi connectivity index (χ3n) is 4.65. The van der Waals surface area contributed by atoms with Crippen LogP contribution in [0.4, 0.5) is 4.79 Å². The Morgan fingerprint density at radius 3 is 2.46 bits per heavy atom. The second-order valence-corrected chi connectivity index (χ2v) is 6.38. The quantitative estimate of drug-likeness (QED) is 0.701. The van der Waals surface area contributed by atoms with E-state index in [1.54, 1.807) is 24.1 Å². The monoisotopic (exact) mass is 356 g/mol. The Bertz CT molecular complexity index is 723. The summed E-state index contributed by atoms with van der Waals surface area (Å²) in [5, 5.41) is 8.88. The van der Waals surface area contributed by atoms with Crippen molar-refractivity contribution in [3.8, 4) is 6.07 Å². The molecule has 0 aliphatic carbocycles. The fourth-order valence-electron chi connectivity index (χ4n) is 3.10. The Kier molecular flexibility index (Phi) is 6.34. The molecule has 0 spiro atoms. The van der Waals surface area contributed by atoms with E-state index in [9.17, 15) is 14.4 Å². The minimum Gasteiger partial charge on any atom is -0.336 e. The first-order valence-electron chi connectivity index (χ1n) is 8.74. The van der Waals surface area contributed by atoms with Gasteiger partial charge in [0.1, 0.15) is 6.54 Å². The van der Waals surface area contributed by atoms with Gasteiger partial charge in [-0.25, -0.2) is 4.79 Å². The molecule has 2 rings (SSSR count). The average molecular weight is 356 g/mol. The average Bonchev–Trinajstić information content (AvgIpc) is 2.88. The van der Waals surface area contributed by atoms with E-state index in [0.29, 0.717) is 18.5 Å². The van der Waals surface area contributed by atoms with Crippen LogP contribution in [0.15, 0.2) is 24.3 Å². The molecule has 1 aliphatic rings. The van der Waals surface area contributed by atoms with Crippen LogP contribution in [0, 0.1) is 11.3 Å². The van der Waals surface area contributed by atoms with Crippen molar-refractivity contribution in [2.75, 3.05) is 26.7 Å². The number of hydrogen-bond acceptors (Lipinski definition) is 4. The highest BCUT2D eigenvalue weighted by Gasteiger charge is 2.33. The van der Waals surface area contributed by atoms with Gasteiger partial charge in [-0.15, -0.1) is 0 Å². The third kappa shape index (κ3) is 4.20. The molecule has 1 aromatic rings. The molecule has 1 heterocycles. The molecule has 1 fully saturated rings. The fraction of sp³-hybridized carbons (Fsp3) is 0.474. The van der Waals surface area contributed by atoms with Gasteiger partial charge in [-0.2, -0.15) is 5.26 Å². The summed E-state index contributed by atoms with van der Waals surface area (Å²) in [5.74, 6) is -0.236. The Balaban J connectivity index is 1.92. The molecule has 1 aromatic carbocycles. The van der Waals surface area contributed by atoms with Gasteiger partial charge < -0.3 is 9.80 Å². The van der Waals surface area contributed by atoms with Gasteiger partial charge in [-0.3, -0.25) is 14.5 Å². The topological polar surface area (TPSA) is 84.7 Å². The third-order valence-corrected chi connectivity index (χ3v) is 4.65. The zero-order valence-electron chi connectivity index (χ0n) is 15.4. The molecule has 1 saturated heterocycles. The molecule has 26 heavy (non-hydrogen) atoms. The minimum absolute atomic E-state index is 0.0168. The van der Waals surface area contributed by atoms with Crippen molar-refractivity contribution in [2.24, 2.45) is 0 Å². The number of carbonyl (C=O) groups excluding carboxylic acids is 3. The van der Waals surface area contributed by atoms with Gasteiger partial charge in [-0.1, -0.05) is 12.1 Å². The number of rotatable bonds is 7. The lowest BCUT2D eigenvalue weighted by Crippen LogP contribution is -2.35. The number of likely N-dealkylation sites (N-methyl/N-ethyl adjacent to an activating group) is 1. The molecule has 0 saturated carbocycles. The predicted octanol–water partition coefficient (Wildman–Crippen LogP) is 2.14. The van der Waals surface area contributed by atoms with E-state index in [1.807, 2.05) is 26.0 Å².